The van der Waals surface area contributed by atoms with E-state index in [1.165, 1.54) is 12.4 Å². The van der Waals surface area contributed by atoms with E-state index >= 15 is 0 Å². The Balaban J connectivity index is 1.37. The molecule has 2 aromatic carbocycles. The standard InChI is InChI=1S/C23H20ClFN6OS/c24-17-11-14(1-3-18(17)25)28-22-20-15-2-4-19-16(21(15)33-23(20)27-13-26-22)12-31(29-19)6-5-30-7-9-32-10-8-30/h1-4,11-13H,5-10H2,(H,26,27,28). The van der Waals surface area contributed by atoms with Crippen molar-refractivity contribution in [1.82, 2.24) is 24.6 Å². The van der Waals surface area contributed by atoms with Gasteiger partial charge in [-0.2, -0.15) is 5.10 Å². The molecule has 1 fully saturated rings. The number of hydrogen-bond donors (Lipinski definition) is 1. The molecule has 1 saturated heterocycles. The fourth-order valence-corrected chi connectivity index (χ4v) is 5.53. The number of anilines is 2. The summed E-state index contributed by atoms with van der Waals surface area (Å²) in [5.74, 6) is 0.206. The number of morpholine rings is 1. The predicted octanol–water partition coefficient (Wildman–Crippen LogP) is 5.06. The molecule has 7 nitrogen and oxygen atoms in total. The van der Waals surface area contributed by atoms with E-state index in [0.717, 1.165) is 70.6 Å². The van der Waals surface area contributed by atoms with E-state index in [4.69, 9.17) is 21.4 Å². The first-order valence-electron chi connectivity index (χ1n) is 10.7. The normalized spacial score (nSPS) is 15.1. The Labute approximate surface area is 197 Å². The van der Waals surface area contributed by atoms with E-state index in [1.54, 1.807) is 23.5 Å². The number of ether oxygens (including phenoxy) is 1. The molecule has 0 radical (unpaired) electrons. The third-order valence-corrected chi connectivity index (χ3v) is 7.34. The SMILES string of the molecule is Fc1ccc(Nc2ncnc3sc4c5cn(CCN6CCOCC6)nc5ccc4c23)cc1Cl. The van der Waals surface area contributed by atoms with Crippen LogP contribution >= 0.6 is 22.9 Å². The number of hydrogen-bond acceptors (Lipinski definition) is 7. The van der Waals surface area contributed by atoms with Gasteiger partial charge in [-0.3, -0.25) is 9.58 Å². The van der Waals surface area contributed by atoms with Crippen molar-refractivity contribution in [2.45, 2.75) is 6.54 Å². The van der Waals surface area contributed by atoms with Gasteiger partial charge in [0.05, 0.1) is 35.7 Å². The highest BCUT2D eigenvalue weighted by atomic mass is 35.5. The van der Waals surface area contributed by atoms with Crippen molar-refractivity contribution in [2.24, 2.45) is 0 Å². The second-order valence-corrected chi connectivity index (χ2v) is 9.39. The minimum Gasteiger partial charge on any atom is -0.379 e. The summed E-state index contributed by atoms with van der Waals surface area (Å²) in [6, 6.07) is 8.64. The van der Waals surface area contributed by atoms with Crippen molar-refractivity contribution >= 4 is 65.6 Å². The molecule has 0 amide bonds. The summed E-state index contributed by atoms with van der Waals surface area (Å²) < 4.78 is 22.1. The van der Waals surface area contributed by atoms with Crippen LogP contribution in [-0.2, 0) is 11.3 Å². The topological polar surface area (TPSA) is 68.1 Å². The van der Waals surface area contributed by atoms with Gasteiger partial charge in [0.25, 0.3) is 0 Å². The monoisotopic (exact) mass is 482 g/mol. The van der Waals surface area contributed by atoms with E-state index in [-0.39, 0.29) is 5.02 Å². The van der Waals surface area contributed by atoms with Gasteiger partial charge in [-0.05, 0) is 24.3 Å². The Morgan fingerprint density at radius 1 is 1.09 bits per heavy atom. The van der Waals surface area contributed by atoms with Gasteiger partial charge in [-0.1, -0.05) is 17.7 Å². The van der Waals surface area contributed by atoms with Gasteiger partial charge in [-0.25, -0.2) is 14.4 Å². The fraction of sp³-hybridized carbons (Fsp3) is 0.261. The fourth-order valence-electron chi connectivity index (χ4n) is 4.20. The first-order chi connectivity index (χ1) is 16.2. The Morgan fingerprint density at radius 3 is 2.82 bits per heavy atom. The highest BCUT2D eigenvalue weighted by molar-refractivity contribution is 7.26. The number of thiophene rings is 1. The lowest BCUT2D eigenvalue weighted by atomic mass is 10.1. The van der Waals surface area contributed by atoms with Crippen LogP contribution in [0.1, 0.15) is 0 Å². The molecule has 168 valence electrons. The summed E-state index contributed by atoms with van der Waals surface area (Å²) in [7, 11) is 0. The highest BCUT2D eigenvalue weighted by Gasteiger charge is 2.17. The second kappa shape index (κ2) is 8.49. The quantitative estimate of drug-likeness (QED) is 0.377. The maximum Gasteiger partial charge on any atom is 0.143 e. The third kappa shape index (κ3) is 3.91. The summed E-state index contributed by atoms with van der Waals surface area (Å²) in [4.78, 5) is 12.2. The molecule has 0 aliphatic carbocycles. The van der Waals surface area contributed by atoms with Gasteiger partial charge >= 0.3 is 0 Å². The van der Waals surface area contributed by atoms with Gasteiger partial charge < -0.3 is 10.1 Å². The molecule has 0 bridgehead atoms. The van der Waals surface area contributed by atoms with Crippen molar-refractivity contribution in [1.29, 1.82) is 0 Å². The largest absolute Gasteiger partial charge is 0.379 e. The lowest BCUT2D eigenvalue weighted by molar-refractivity contribution is 0.0360. The van der Waals surface area contributed by atoms with E-state index in [0.29, 0.717) is 11.5 Å². The van der Waals surface area contributed by atoms with Crippen LogP contribution in [0.25, 0.3) is 31.2 Å². The van der Waals surface area contributed by atoms with Gasteiger partial charge in [0, 0.05) is 47.0 Å². The summed E-state index contributed by atoms with van der Waals surface area (Å²) in [6.07, 6.45) is 3.65. The van der Waals surface area contributed by atoms with Crippen LogP contribution in [0.5, 0.6) is 0 Å². The molecule has 4 heterocycles. The molecular weight excluding hydrogens is 463 g/mol. The summed E-state index contributed by atoms with van der Waals surface area (Å²) >= 11 is 7.57. The van der Waals surface area contributed by atoms with Crippen molar-refractivity contribution in [3.8, 4) is 0 Å². The Hall–Kier alpha value is -2.85. The number of nitrogens with one attached hydrogen (secondary N) is 1. The molecule has 0 unspecified atom stereocenters. The smallest absolute Gasteiger partial charge is 0.143 e. The van der Waals surface area contributed by atoms with Crippen LogP contribution in [0.3, 0.4) is 0 Å². The number of aromatic nitrogens is 4. The van der Waals surface area contributed by atoms with E-state index in [1.807, 2.05) is 10.7 Å². The Morgan fingerprint density at radius 2 is 1.97 bits per heavy atom. The Kier molecular flexibility index (Phi) is 5.34. The number of benzene rings is 2. The van der Waals surface area contributed by atoms with E-state index in [9.17, 15) is 4.39 Å². The maximum atomic E-state index is 13.6. The van der Waals surface area contributed by atoms with Crippen molar-refractivity contribution in [2.75, 3.05) is 38.2 Å². The van der Waals surface area contributed by atoms with Crippen molar-refractivity contribution in [3.05, 3.63) is 53.7 Å². The summed E-state index contributed by atoms with van der Waals surface area (Å²) in [6.45, 7) is 5.31. The zero-order valence-corrected chi connectivity index (χ0v) is 19.2. The molecule has 6 rings (SSSR count). The van der Waals surface area contributed by atoms with Gasteiger partial charge in [-0.15, -0.1) is 11.3 Å². The average molecular weight is 483 g/mol. The first-order valence-corrected chi connectivity index (χ1v) is 11.9. The van der Waals surface area contributed by atoms with Gasteiger partial charge in [0.1, 0.15) is 22.8 Å². The van der Waals surface area contributed by atoms with Crippen LogP contribution in [-0.4, -0.2) is 57.5 Å². The molecule has 10 heteroatoms. The minimum absolute atomic E-state index is 0.0617. The second-order valence-electron chi connectivity index (χ2n) is 7.98. The molecular formula is C23H20ClFN6OS. The van der Waals surface area contributed by atoms with Gasteiger partial charge in [0.2, 0.25) is 0 Å². The molecule has 33 heavy (non-hydrogen) atoms. The molecule has 0 saturated carbocycles. The molecule has 0 atom stereocenters. The number of rotatable bonds is 5. The molecule has 1 aliphatic heterocycles. The zero-order valence-electron chi connectivity index (χ0n) is 17.6. The Bertz CT molecular complexity index is 1480. The summed E-state index contributed by atoms with van der Waals surface area (Å²) in [5.41, 5.74) is 1.63. The predicted molar refractivity (Wildman–Crippen MR) is 130 cm³/mol. The first kappa shape index (κ1) is 20.7. The third-order valence-electron chi connectivity index (χ3n) is 5.90. The average Bonchev–Trinajstić information content (AvgIpc) is 3.42. The maximum absolute atomic E-state index is 13.6. The van der Waals surface area contributed by atoms with E-state index < -0.39 is 5.82 Å². The van der Waals surface area contributed by atoms with Crippen molar-refractivity contribution < 1.29 is 9.13 Å². The van der Waals surface area contributed by atoms with Crippen LogP contribution in [0.2, 0.25) is 5.02 Å². The molecule has 1 N–H and O–H groups in total. The van der Waals surface area contributed by atoms with Crippen LogP contribution < -0.4 is 5.32 Å². The zero-order chi connectivity index (χ0) is 22.4. The highest BCUT2D eigenvalue weighted by Crippen LogP contribution is 2.40. The molecule has 3 aromatic heterocycles. The number of halogens is 2. The number of fused-ring (bicyclic) bond motifs is 5. The lowest BCUT2D eigenvalue weighted by Crippen LogP contribution is -2.38. The van der Waals surface area contributed by atoms with E-state index in [2.05, 4.69) is 32.4 Å². The van der Waals surface area contributed by atoms with Crippen LogP contribution in [0.4, 0.5) is 15.9 Å². The summed E-state index contributed by atoms with van der Waals surface area (Å²) in [5, 5.41) is 11.2. The lowest BCUT2D eigenvalue weighted by Gasteiger charge is -2.26. The van der Waals surface area contributed by atoms with Crippen LogP contribution in [0, 0.1) is 5.82 Å². The van der Waals surface area contributed by atoms with Gasteiger partial charge in [0.15, 0.2) is 0 Å². The number of nitrogens with zero attached hydrogens (tertiary/aromatic N) is 5. The minimum atomic E-state index is -0.455. The van der Waals surface area contributed by atoms with Crippen LogP contribution in [0.15, 0.2) is 42.9 Å². The molecule has 5 aromatic rings. The molecule has 1 aliphatic rings. The molecule has 0 spiro atoms. The van der Waals surface area contributed by atoms with Crippen molar-refractivity contribution in [3.63, 3.8) is 0 Å².